The van der Waals surface area contributed by atoms with Gasteiger partial charge in [0.15, 0.2) is 0 Å². The van der Waals surface area contributed by atoms with Gasteiger partial charge in [-0.15, -0.1) is 0 Å². The van der Waals surface area contributed by atoms with Gasteiger partial charge in [-0.3, -0.25) is 14.9 Å². The third-order valence-corrected chi connectivity index (χ3v) is 2.63. The fraction of sp³-hybridized carbons (Fsp3) is 0.300. The molecule has 1 rings (SSSR count). The molecule has 0 saturated carbocycles. The zero-order valence-corrected chi connectivity index (χ0v) is 10.6. The highest BCUT2D eigenvalue weighted by molar-refractivity contribution is 9.10. The summed E-state index contributed by atoms with van der Waals surface area (Å²) >= 11 is 3.03. The summed E-state index contributed by atoms with van der Waals surface area (Å²) in [5.74, 6) is -0.457. The number of nitrogens with one attached hydrogen (secondary N) is 1. The predicted octanol–water partition coefficient (Wildman–Crippen LogP) is 1.47. The van der Waals surface area contributed by atoms with E-state index < -0.39 is 16.9 Å². The summed E-state index contributed by atoms with van der Waals surface area (Å²) in [4.78, 5) is 21.7. The van der Waals surface area contributed by atoms with E-state index in [9.17, 15) is 14.9 Å². The summed E-state index contributed by atoms with van der Waals surface area (Å²) in [5.41, 5.74) is 0.00949. The van der Waals surface area contributed by atoms with Crippen LogP contribution in [-0.4, -0.2) is 28.6 Å². The molecule has 1 aromatic rings. The van der Waals surface area contributed by atoms with Gasteiger partial charge >= 0.3 is 0 Å². The van der Waals surface area contributed by atoms with Crippen LogP contribution in [0, 0.1) is 10.1 Å². The van der Waals surface area contributed by atoms with Crippen molar-refractivity contribution in [1.82, 2.24) is 5.32 Å². The first-order valence-electron chi connectivity index (χ1n) is 4.82. The van der Waals surface area contributed by atoms with Gasteiger partial charge in [0.2, 0.25) is 0 Å². The van der Waals surface area contributed by atoms with Crippen molar-refractivity contribution in [2.45, 2.75) is 13.0 Å². The van der Waals surface area contributed by atoms with Crippen LogP contribution in [0.4, 0.5) is 5.69 Å². The number of halogens is 1. The average molecular weight is 303 g/mol. The Labute approximate surface area is 106 Å². The molecule has 1 atom stereocenters. The third-order valence-electron chi connectivity index (χ3n) is 1.96. The zero-order valence-electron chi connectivity index (χ0n) is 9.01. The lowest BCUT2D eigenvalue weighted by molar-refractivity contribution is -0.385. The molecule has 1 aromatic carbocycles. The molecule has 2 N–H and O–H groups in total. The van der Waals surface area contributed by atoms with Gasteiger partial charge in [-0.05, 0) is 35.0 Å². The van der Waals surface area contributed by atoms with Crippen LogP contribution in [0.5, 0.6) is 0 Å². The number of nitrogens with zero attached hydrogens (tertiary/aromatic N) is 1. The van der Waals surface area contributed by atoms with Crippen molar-refractivity contribution in [3.63, 3.8) is 0 Å². The Morgan fingerprint density at radius 3 is 2.82 bits per heavy atom. The van der Waals surface area contributed by atoms with Crippen LogP contribution in [0.2, 0.25) is 0 Å². The Morgan fingerprint density at radius 1 is 1.65 bits per heavy atom. The van der Waals surface area contributed by atoms with Crippen LogP contribution in [0.15, 0.2) is 22.7 Å². The Morgan fingerprint density at radius 2 is 2.29 bits per heavy atom. The van der Waals surface area contributed by atoms with Gasteiger partial charge in [0.05, 0.1) is 15.5 Å². The molecule has 0 aliphatic heterocycles. The maximum Gasteiger partial charge on any atom is 0.284 e. The van der Waals surface area contributed by atoms with Crippen molar-refractivity contribution < 1.29 is 14.8 Å². The van der Waals surface area contributed by atoms with E-state index in [1.54, 1.807) is 0 Å². The van der Waals surface area contributed by atoms with Gasteiger partial charge in [-0.1, -0.05) is 0 Å². The molecule has 0 radical (unpaired) electrons. The maximum atomic E-state index is 11.6. The van der Waals surface area contributed by atoms with Gasteiger partial charge in [-0.2, -0.15) is 0 Å². The number of nitro benzene ring substituents is 1. The van der Waals surface area contributed by atoms with E-state index in [0.717, 1.165) is 0 Å². The molecule has 0 saturated heterocycles. The van der Waals surface area contributed by atoms with Gasteiger partial charge < -0.3 is 10.4 Å². The van der Waals surface area contributed by atoms with E-state index in [0.29, 0.717) is 4.47 Å². The van der Waals surface area contributed by atoms with Gasteiger partial charge in [0, 0.05) is 18.2 Å². The molecule has 0 bridgehead atoms. The van der Waals surface area contributed by atoms with Crippen molar-refractivity contribution in [3.8, 4) is 0 Å². The van der Waals surface area contributed by atoms with E-state index in [1.165, 1.54) is 25.1 Å². The number of aliphatic hydroxyl groups excluding tert-OH is 1. The van der Waals surface area contributed by atoms with E-state index >= 15 is 0 Å². The first kappa shape index (κ1) is 13.6. The number of carbonyl (C=O) groups excluding carboxylic acids is 1. The fourth-order valence-corrected chi connectivity index (χ4v) is 1.53. The lowest BCUT2D eigenvalue weighted by Gasteiger charge is -2.07. The normalized spacial score (nSPS) is 11.9. The highest BCUT2D eigenvalue weighted by Gasteiger charge is 2.15. The monoisotopic (exact) mass is 302 g/mol. The van der Waals surface area contributed by atoms with Gasteiger partial charge in [0.25, 0.3) is 11.6 Å². The molecule has 0 spiro atoms. The topological polar surface area (TPSA) is 92.5 Å². The number of hydrogen-bond donors (Lipinski definition) is 2. The summed E-state index contributed by atoms with van der Waals surface area (Å²) < 4.78 is 0.314. The Balaban J connectivity index is 2.88. The van der Waals surface area contributed by atoms with Crippen molar-refractivity contribution in [2.75, 3.05) is 6.54 Å². The number of hydrogen-bond acceptors (Lipinski definition) is 4. The minimum Gasteiger partial charge on any atom is -0.392 e. The summed E-state index contributed by atoms with van der Waals surface area (Å²) in [5, 5.41) is 22.1. The predicted molar refractivity (Wildman–Crippen MR) is 64.8 cm³/mol. The molecule has 6 nitrogen and oxygen atoms in total. The molecular weight excluding hydrogens is 292 g/mol. The Kier molecular flexibility index (Phi) is 4.59. The van der Waals surface area contributed by atoms with Crippen LogP contribution in [-0.2, 0) is 0 Å². The summed E-state index contributed by atoms with van der Waals surface area (Å²) in [6.45, 7) is 1.63. The minimum atomic E-state index is -0.663. The molecule has 1 amide bonds. The van der Waals surface area contributed by atoms with Crippen LogP contribution >= 0.6 is 15.9 Å². The quantitative estimate of drug-likeness (QED) is 0.650. The van der Waals surface area contributed by atoms with E-state index in [1.807, 2.05) is 0 Å². The molecule has 92 valence electrons. The molecule has 0 fully saturated rings. The number of rotatable bonds is 4. The third kappa shape index (κ3) is 3.79. The lowest BCUT2D eigenvalue weighted by atomic mass is 10.2. The molecule has 7 heteroatoms. The maximum absolute atomic E-state index is 11.6. The summed E-state index contributed by atoms with van der Waals surface area (Å²) in [7, 11) is 0. The largest absolute Gasteiger partial charge is 0.392 e. The lowest BCUT2D eigenvalue weighted by Crippen LogP contribution is -2.30. The van der Waals surface area contributed by atoms with E-state index in [2.05, 4.69) is 21.2 Å². The van der Waals surface area contributed by atoms with E-state index in [4.69, 9.17) is 5.11 Å². The first-order valence-corrected chi connectivity index (χ1v) is 5.61. The molecule has 17 heavy (non-hydrogen) atoms. The van der Waals surface area contributed by atoms with Crippen molar-refractivity contribution in [2.24, 2.45) is 0 Å². The second-order valence-electron chi connectivity index (χ2n) is 3.48. The van der Waals surface area contributed by atoms with Crippen LogP contribution in [0.25, 0.3) is 0 Å². The SMILES string of the molecule is C[C@H](O)CNC(=O)c1ccc(Br)c([N+](=O)[O-])c1. The summed E-state index contributed by atoms with van der Waals surface area (Å²) in [6.07, 6.45) is -0.663. The standard InChI is InChI=1S/C10H11BrN2O4/c1-6(14)5-12-10(15)7-2-3-8(11)9(4-7)13(16)17/h2-4,6,14H,5H2,1H3,(H,12,15)/t6-/m0/s1. The van der Waals surface area contributed by atoms with Crippen molar-refractivity contribution >= 4 is 27.5 Å². The molecule has 0 unspecified atom stereocenters. The minimum absolute atomic E-state index is 0.0999. The van der Waals surface area contributed by atoms with Crippen LogP contribution in [0.1, 0.15) is 17.3 Å². The number of aliphatic hydroxyl groups is 1. The molecule has 0 aliphatic carbocycles. The van der Waals surface area contributed by atoms with Crippen LogP contribution in [0.3, 0.4) is 0 Å². The number of amides is 1. The van der Waals surface area contributed by atoms with Crippen LogP contribution < -0.4 is 5.32 Å². The summed E-state index contributed by atoms with van der Waals surface area (Å²) in [6, 6.07) is 4.09. The van der Waals surface area contributed by atoms with Crippen molar-refractivity contribution in [3.05, 3.63) is 38.3 Å². The molecule has 0 aliphatic rings. The first-order chi connectivity index (χ1) is 7.91. The average Bonchev–Trinajstić information content (AvgIpc) is 2.26. The van der Waals surface area contributed by atoms with Gasteiger partial charge in [-0.25, -0.2) is 0 Å². The second kappa shape index (κ2) is 5.74. The zero-order chi connectivity index (χ0) is 13.0. The highest BCUT2D eigenvalue weighted by atomic mass is 79.9. The molecule has 0 aromatic heterocycles. The second-order valence-corrected chi connectivity index (χ2v) is 4.34. The number of benzene rings is 1. The molecule has 0 heterocycles. The van der Waals surface area contributed by atoms with Gasteiger partial charge in [0.1, 0.15) is 0 Å². The van der Waals surface area contributed by atoms with Crippen molar-refractivity contribution in [1.29, 1.82) is 0 Å². The fourth-order valence-electron chi connectivity index (χ4n) is 1.14. The Bertz CT molecular complexity index is 448. The number of carbonyl (C=O) groups is 1. The molecular formula is C10H11BrN2O4. The smallest absolute Gasteiger partial charge is 0.284 e. The number of nitro groups is 1. The highest BCUT2D eigenvalue weighted by Crippen LogP contribution is 2.25. The van der Waals surface area contributed by atoms with E-state index in [-0.39, 0.29) is 17.8 Å². The Hall–Kier alpha value is -1.47.